The molecular weight excluding hydrogens is 571 g/mol. The van der Waals surface area contributed by atoms with Crippen LogP contribution in [0.2, 0.25) is 0 Å². The first-order valence-corrected chi connectivity index (χ1v) is 15.5. The van der Waals surface area contributed by atoms with E-state index in [0.717, 1.165) is 4.90 Å². The van der Waals surface area contributed by atoms with Crippen LogP contribution in [0.5, 0.6) is 0 Å². The molecule has 1 heterocycles. The topological polar surface area (TPSA) is 171 Å². The standard InChI is InChI=1S/C28H39FN4O8S/c1-6-17-12-28(17,24(36)32-42(39,40)19-9-10-19)31-23(35)21-13-27(38,18-8-7-16(2)20(29)11-18)15-33(21)22(34)14-30-25(37)41-26(3,4)5/h6-8,17-19,21,38H,1,9-15H2,2-5H3,(H,30,37)(H,31,35)(H,32,36)/t17-,18?,21+,27+,28-/m1/s1. The maximum absolute atomic E-state index is 14.5. The first kappa shape index (κ1) is 31.7. The van der Waals surface area contributed by atoms with E-state index in [2.05, 4.69) is 21.9 Å². The summed E-state index contributed by atoms with van der Waals surface area (Å²) in [4.78, 5) is 53.4. The Balaban J connectivity index is 1.54. The van der Waals surface area contributed by atoms with Crippen molar-refractivity contribution in [2.45, 2.75) is 87.8 Å². The number of carbonyl (C=O) groups is 4. The predicted molar refractivity (Wildman–Crippen MR) is 150 cm³/mol. The molecule has 1 unspecified atom stereocenters. The van der Waals surface area contributed by atoms with Crippen LogP contribution in [0.15, 0.2) is 36.2 Å². The van der Waals surface area contributed by atoms with Gasteiger partial charge in [-0.05, 0) is 52.5 Å². The number of likely N-dealkylation sites (tertiary alicyclic amines) is 1. The van der Waals surface area contributed by atoms with Gasteiger partial charge in [0.15, 0.2) is 0 Å². The largest absolute Gasteiger partial charge is 0.444 e. The van der Waals surface area contributed by atoms with Crippen LogP contribution >= 0.6 is 0 Å². The molecule has 0 aromatic carbocycles. The van der Waals surface area contributed by atoms with Gasteiger partial charge >= 0.3 is 6.09 Å². The number of halogens is 1. The number of aliphatic hydroxyl groups is 1. The fourth-order valence-electron chi connectivity index (χ4n) is 5.40. The minimum absolute atomic E-state index is 0.0973. The van der Waals surface area contributed by atoms with Gasteiger partial charge in [-0.25, -0.2) is 17.6 Å². The Morgan fingerprint density at radius 3 is 2.45 bits per heavy atom. The van der Waals surface area contributed by atoms with Gasteiger partial charge in [0.1, 0.15) is 29.6 Å². The van der Waals surface area contributed by atoms with Gasteiger partial charge in [-0.3, -0.25) is 19.1 Å². The molecule has 4 N–H and O–H groups in total. The number of carbonyl (C=O) groups excluding carboxylic acids is 4. The van der Waals surface area contributed by atoms with E-state index in [9.17, 15) is 37.1 Å². The molecule has 42 heavy (non-hydrogen) atoms. The summed E-state index contributed by atoms with van der Waals surface area (Å²) in [6.07, 6.45) is 4.30. The fourth-order valence-corrected chi connectivity index (χ4v) is 6.77. The smallest absolute Gasteiger partial charge is 0.408 e. The van der Waals surface area contributed by atoms with Crippen molar-refractivity contribution in [1.82, 2.24) is 20.3 Å². The monoisotopic (exact) mass is 610 g/mol. The van der Waals surface area contributed by atoms with Crippen molar-refractivity contribution < 1.29 is 41.8 Å². The number of alkyl carbamates (subject to hydrolysis) is 1. The van der Waals surface area contributed by atoms with Crippen molar-refractivity contribution in [2.24, 2.45) is 11.8 Å². The molecule has 0 radical (unpaired) electrons. The Morgan fingerprint density at radius 1 is 1.24 bits per heavy atom. The SMILES string of the molecule is C=C[C@@H]1C[C@]1(NC(=O)[C@@H]1C[C@@](O)(C2C=CC(C)=C(F)C2)CN1C(=O)CNC(=O)OC(C)(C)C)C(=O)NS(=O)(=O)C1CC1. The molecule has 0 aromatic heterocycles. The van der Waals surface area contributed by atoms with Gasteiger partial charge in [-0.2, -0.15) is 0 Å². The molecule has 1 aliphatic heterocycles. The molecule has 0 spiro atoms. The summed E-state index contributed by atoms with van der Waals surface area (Å²) in [6, 6.07) is -1.30. The van der Waals surface area contributed by atoms with Gasteiger partial charge in [0.25, 0.3) is 5.91 Å². The van der Waals surface area contributed by atoms with Crippen molar-refractivity contribution in [1.29, 1.82) is 0 Å². The van der Waals surface area contributed by atoms with Gasteiger partial charge in [-0.1, -0.05) is 18.2 Å². The minimum atomic E-state index is -3.90. The highest BCUT2D eigenvalue weighted by molar-refractivity contribution is 7.91. The molecule has 3 aliphatic carbocycles. The summed E-state index contributed by atoms with van der Waals surface area (Å²) >= 11 is 0. The molecule has 5 atom stereocenters. The molecule has 0 bridgehead atoms. The van der Waals surface area contributed by atoms with Crippen LogP contribution < -0.4 is 15.4 Å². The third-order valence-corrected chi connectivity index (χ3v) is 9.94. The van der Waals surface area contributed by atoms with Crippen LogP contribution in [0, 0.1) is 11.8 Å². The second-order valence-corrected chi connectivity index (χ2v) is 14.6. The lowest BCUT2D eigenvalue weighted by Crippen LogP contribution is -2.57. The molecule has 1 saturated heterocycles. The third kappa shape index (κ3) is 6.69. The van der Waals surface area contributed by atoms with Crippen molar-refractivity contribution in [3.63, 3.8) is 0 Å². The van der Waals surface area contributed by atoms with Crippen LogP contribution in [0.1, 0.15) is 59.8 Å². The van der Waals surface area contributed by atoms with Gasteiger partial charge < -0.3 is 25.4 Å². The Bertz CT molecular complexity index is 1350. The number of rotatable bonds is 9. The number of hydrogen-bond donors (Lipinski definition) is 4. The van der Waals surface area contributed by atoms with Crippen LogP contribution in [-0.2, 0) is 29.1 Å². The molecule has 4 rings (SSSR count). The zero-order valence-corrected chi connectivity index (χ0v) is 25.1. The molecule has 12 nitrogen and oxygen atoms in total. The van der Waals surface area contributed by atoms with Crippen molar-refractivity contribution in [3.05, 3.63) is 36.2 Å². The zero-order valence-electron chi connectivity index (χ0n) is 24.2. The summed E-state index contributed by atoms with van der Waals surface area (Å²) in [6.45, 7) is 9.32. The molecular formula is C28H39FN4O8S. The van der Waals surface area contributed by atoms with Crippen molar-refractivity contribution >= 4 is 33.8 Å². The Kier molecular flexibility index (Phi) is 8.37. The summed E-state index contributed by atoms with van der Waals surface area (Å²) < 4.78 is 46.6. The number of ether oxygens (including phenoxy) is 1. The van der Waals surface area contributed by atoms with E-state index in [1.165, 1.54) is 12.2 Å². The molecule has 232 valence electrons. The predicted octanol–water partition coefficient (Wildman–Crippen LogP) is 1.33. The Labute approximate surface area is 244 Å². The Hall–Kier alpha value is -3.26. The third-order valence-electron chi connectivity index (χ3n) is 8.12. The van der Waals surface area contributed by atoms with Gasteiger partial charge in [0.2, 0.25) is 21.8 Å². The first-order chi connectivity index (χ1) is 19.4. The van der Waals surface area contributed by atoms with E-state index in [0.29, 0.717) is 18.4 Å². The van der Waals surface area contributed by atoms with Crippen LogP contribution in [0.4, 0.5) is 9.18 Å². The van der Waals surface area contributed by atoms with Crippen LogP contribution in [0.3, 0.4) is 0 Å². The van der Waals surface area contributed by atoms with E-state index in [1.807, 2.05) is 0 Å². The maximum Gasteiger partial charge on any atom is 0.408 e. The highest BCUT2D eigenvalue weighted by atomic mass is 32.2. The highest BCUT2D eigenvalue weighted by Gasteiger charge is 2.62. The van der Waals surface area contributed by atoms with Crippen LogP contribution in [-0.4, -0.2) is 83.4 Å². The van der Waals surface area contributed by atoms with Gasteiger partial charge in [0, 0.05) is 24.7 Å². The second kappa shape index (κ2) is 11.1. The number of nitrogens with one attached hydrogen (secondary N) is 3. The molecule has 2 saturated carbocycles. The maximum atomic E-state index is 14.5. The van der Waals surface area contributed by atoms with Crippen molar-refractivity contribution in [3.8, 4) is 0 Å². The van der Waals surface area contributed by atoms with E-state index in [4.69, 9.17) is 4.74 Å². The lowest BCUT2D eigenvalue weighted by Gasteiger charge is -2.32. The average molecular weight is 611 g/mol. The number of amides is 4. The van der Waals surface area contributed by atoms with E-state index < -0.39 is 86.1 Å². The number of nitrogens with zero attached hydrogens (tertiary/aromatic N) is 1. The molecule has 4 amide bonds. The lowest BCUT2D eigenvalue weighted by molar-refractivity contribution is -0.139. The quantitative estimate of drug-likeness (QED) is 0.283. The number of hydrogen-bond acceptors (Lipinski definition) is 8. The summed E-state index contributed by atoms with van der Waals surface area (Å²) in [5.41, 5.74) is -3.71. The normalized spacial score (nSPS) is 30.9. The highest BCUT2D eigenvalue weighted by Crippen LogP contribution is 2.46. The number of sulfonamides is 1. The van der Waals surface area contributed by atoms with Crippen molar-refractivity contribution in [2.75, 3.05) is 13.1 Å². The summed E-state index contributed by atoms with van der Waals surface area (Å²) in [7, 11) is -3.90. The van der Waals surface area contributed by atoms with E-state index in [-0.39, 0.29) is 25.8 Å². The summed E-state index contributed by atoms with van der Waals surface area (Å²) in [5.74, 6) is -4.15. The fraction of sp³-hybridized carbons (Fsp3) is 0.643. The van der Waals surface area contributed by atoms with E-state index in [1.54, 1.807) is 33.8 Å². The number of allylic oxidation sites excluding steroid dienone is 3. The zero-order chi connectivity index (χ0) is 31.3. The molecule has 3 fully saturated rings. The minimum Gasteiger partial charge on any atom is -0.444 e. The number of β-amino-alcohol motifs (C(OH)–C–C–N with tert-alkyl or cyclic N) is 1. The van der Waals surface area contributed by atoms with Gasteiger partial charge in [-0.15, -0.1) is 6.58 Å². The first-order valence-electron chi connectivity index (χ1n) is 13.9. The molecule has 14 heteroatoms. The van der Waals surface area contributed by atoms with E-state index >= 15 is 0 Å². The molecule has 0 aromatic rings. The molecule has 4 aliphatic rings. The van der Waals surface area contributed by atoms with Gasteiger partial charge in [0.05, 0.1) is 17.4 Å². The summed E-state index contributed by atoms with van der Waals surface area (Å²) in [5, 5.41) is 15.9. The Morgan fingerprint density at radius 2 is 1.90 bits per heavy atom. The second-order valence-electron chi connectivity index (χ2n) is 12.6. The van der Waals surface area contributed by atoms with Crippen LogP contribution in [0.25, 0.3) is 0 Å². The lowest BCUT2D eigenvalue weighted by atomic mass is 9.79. The average Bonchev–Trinajstić information content (AvgIpc) is 3.80.